The van der Waals surface area contributed by atoms with Crippen LogP contribution in [0.15, 0.2) is 36.4 Å². The maximum atomic E-state index is 12.4. The third-order valence-corrected chi connectivity index (χ3v) is 3.68. The average Bonchev–Trinajstić information content (AvgIpc) is 2.54. The second kappa shape index (κ2) is 5.78. The highest BCUT2D eigenvalue weighted by molar-refractivity contribution is 6.30. The lowest BCUT2D eigenvalue weighted by Gasteiger charge is -2.20. The van der Waals surface area contributed by atoms with E-state index < -0.39 is 6.16 Å². The van der Waals surface area contributed by atoms with Crippen LogP contribution in [0.5, 0.6) is 5.75 Å². The summed E-state index contributed by atoms with van der Waals surface area (Å²) in [5, 5.41) is 10.6. The molecule has 0 atom stereocenters. The van der Waals surface area contributed by atoms with E-state index in [2.05, 4.69) is 4.74 Å². The van der Waals surface area contributed by atoms with Crippen molar-refractivity contribution in [2.75, 3.05) is 7.11 Å². The van der Waals surface area contributed by atoms with Gasteiger partial charge in [-0.15, -0.1) is 0 Å². The maximum absolute atomic E-state index is 12.4. The number of carbonyl (C=O) groups is 2. The van der Waals surface area contributed by atoms with Gasteiger partial charge in [0.25, 0.3) is 0 Å². The summed E-state index contributed by atoms with van der Waals surface area (Å²) >= 11 is 5.80. The van der Waals surface area contributed by atoms with Crippen molar-refractivity contribution in [3.63, 3.8) is 0 Å². The highest BCUT2D eigenvalue weighted by Gasteiger charge is 2.25. The minimum absolute atomic E-state index is 0.166. The number of hydrogen-bond acceptors (Lipinski definition) is 5. The molecule has 0 unspecified atom stereocenters. The fourth-order valence-corrected chi connectivity index (χ4v) is 2.36. The van der Waals surface area contributed by atoms with Crippen LogP contribution in [0.1, 0.15) is 27.0 Å². The molecule has 0 heterocycles. The van der Waals surface area contributed by atoms with Gasteiger partial charge in [0.2, 0.25) is 0 Å². The quantitative estimate of drug-likeness (QED) is 0.683. The number of fused-ring (bicyclic) bond motifs is 1. The molecule has 23 heavy (non-hydrogen) atoms. The first-order valence-corrected chi connectivity index (χ1v) is 7.02. The summed E-state index contributed by atoms with van der Waals surface area (Å²) in [4.78, 5) is 23.5. The fraction of sp³-hybridized carbons (Fsp3) is 0.0588. The lowest BCUT2D eigenvalue weighted by molar-refractivity contribution is 0.103. The van der Waals surface area contributed by atoms with Crippen molar-refractivity contribution in [2.24, 2.45) is 0 Å². The number of ketones is 1. The minimum atomic E-state index is -0.845. The van der Waals surface area contributed by atoms with Gasteiger partial charge in [-0.25, -0.2) is 4.79 Å². The number of rotatable bonds is 3. The summed E-state index contributed by atoms with van der Waals surface area (Å²) in [6, 6.07) is 9.32. The van der Waals surface area contributed by atoms with Crippen molar-refractivity contribution in [3.05, 3.63) is 63.7 Å². The van der Waals surface area contributed by atoms with E-state index in [9.17, 15) is 14.7 Å². The van der Waals surface area contributed by atoms with Gasteiger partial charge in [-0.1, -0.05) is 11.6 Å². The van der Waals surface area contributed by atoms with Gasteiger partial charge < -0.3 is 14.6 Å². The third-order valence-electron chi connectivity index (χ3n) is 3.43. The monoisotopic (exact) mass is 330 g/mol. The van der Waals surface area contributed by atoms with Crippen LogP contribution in [0.3, 0.4) is 0 Å². The molecule has 1 aliphatic carbocycles. The van der Waals surface area contributed by atoms with Crippen molar-refractivity contribution in [3.8, 4) is 5.75 Å². The molecule has 0 aliphatic heterocycles. The molecule has 2 aromatic rings. The second-order valence-electron chi connectivity index (χ2n) is 4.86. The van der Waals surface area contributed by atoms with Gasteiger partial charge in [-0.2, -0.15) is 0 Å². The summed E-state index contributed by atoms with van der Waals surface area (Å²) in [7, 11) is 1.20. The van der Waals surface area contributed by atoms with Crippen LogP contribution in [0.2, 0.25) is 5.02 Å². The lowest BCUT2D eigenvalue weighted by Crippen LogP contribution is -2.11. The summed E-state index contributed by atoms with van der Waals surface area (Å²) in [5.74, 6) is -0.229. The largest absolute Gasteiger partial charge is 0.513 e. The molecular formula is C17H11ClO5. The maximum Gasteiger partial charge on any atom is 0.513 e. The molecule has 0 amide bonds. The molecule has 0 radical (unpaired) electrons. The molecule has 6 heteroatoms. The molecule has 0 aromatic heterocycles. The Bertz CT molecular complexity index is 837. The van der Waals surface area contributed by atoms with Gasteiger partial charge in [0.15, 0.2) is 5.78 Å². The number of benzene rings is 2. The van der Waals surface area contributed by atoms with Gasteiger partial charge in [-0.05, 0) is 48.0 Å². The summed E-state index contributed by atoms with van der Waals surface area (Å²) < 4.78 is 9.31. The van der Waals surface area contributed by atoms with Crippen molar-refractivity contribution in [2.45, 2.75) is 0 Å². The summed E-state index contributed by atoms with van der Waals surface area (Å²) in [5.41, 5.74) is 1.82. The predicted octanol–water partition coefficient (Wildman–Crippen LogP) is 3.87. The number of hydrogen-bond donors (Lipinski definition) is 1. The van der Waals surface area contributed by atoms with Gasteiger partial charge in [0.05, 0.1) is 12.7 Å². The van der Waals surface area contributed by atoms with Crippen LogP contribution >= 0.6 is 11.6 Å². The number of phenols is 1. The van der Waals surface area contributed by atoms with Crippen molar-refractivity contribution in [1.82, 2.24) is 0 Å². The van der Waals surface area contributed by atoms with Gasteiger partial charge >= 0.3 is 6.16 Å². The van der Waals surface area contributed by atoms with Crippen LogP contribution in [-0.4, -0.2) is 24.2 Å². The Balaban J connectivity index is 1.89. The molecule has 5 nitrogen and oxygen atoms in total. The Kier molecular flexibility index (Phi) is 3.80. The third kappa shape index (κ3) is 2.78. The van der Waals surface area contributed by atoms with E-state index in [4.69, 9.17) is 16.3 Å². The molecule has 0 bridgehead atoms. The fourth-order valence-electron chi connectivity index (χ4n) is 2.23. The lowest BCUT2D eigenvalue weighted by atomic mass is 9.90. The number of ether oxygens (including phenoxy) is 2. The Morgan fingerprint density at radius 2 is 1.83 bits per heavy atom. The van der Waals surface area contributed by atoms with Gasteiger partial charge in [0.1, 0.15) is 11.5 Å². The first-order chi connectivity index (χ1) is 11.0. The molecule has 116 valence electrons. The molecule has 3 rings (SSSR count). The van der Waals surface area contributed by atoms with E-state index in [0.717, 1.165) is 0 Å². The zero-order valence-corrected chi connectivity index (χ0v) is 12.8. The Labute approximate surface area is 136 Å². The SMILES string of the molecule is COC(=O)OC1=Cc2cc(C(=O)c3ccc(Cl)cc3)c(O)cc21. The van der Waals surface area contributed by atoms with Crippen molar-refractivity contribution < 1.29 is 24.2 Å². The number of carbonyl (C=O) groups excluding carboxylic acids is 2. The Hall–Kier alpha value is -2.79. The topological polar surface area (TPSA) is 72.8 Å². The predicted molar refractivity (Wildman–Crippen MR) is 84.4 cm³/mol. The molecule has 0 spiro atoms. The molecule has 1 N–H and O–H groups in total. The molecule has 0 saturated heterocycles. The van der Waals surface area contributed by atoms with Crippen LogP contribution in [0.4, 0.5) is 4.79 Å². The zero-order valence-electron chi connectivity index (χ0n) is 12.0. The average molecular weight is 331 g/mol. The zero-order chi connectivity index (χ0) is 16.6. The number of aromatic hydroxyl groups is 1. The molecule has 2 aromatic carbocycles. The molecular weight excluding hydrogens is 320 g/mol. The highest BCUT2D eigenvalue weighted by atomic mass is 35.5. The number of methoxy groups -OCH3 is 1. The van der Waals surface area contributed by atoms with E-state index in [1.165, 1.54) is 13.2 Å². The number of phenolic OH excluding ortho intramolecular Hbond substituents is 1. The Morgan fingerprint density at radius 3 is 2.48 bits per heavy atom. The van der Waals surface area contributed by atoms with E-state index in [1.807, 2.05) is 0 Å². The smallest absolute Gasteiger partial charge is 0.507 e. The van der Waals surface area contributed by atoms with E-state index in [0.29, 0.717) is 21.7 Å². The highest BCUT2D eigenvalue weighted by Crippen LogP contribution is 2.38. The van der Waals surface area contributed by atoms with E-state index in [1.54, 1.807) is 36.4 Å². The van der Waals surface area contributed by atoms with Gasteiger partial charge in [-0.3, -0.25) is 4.79 Å². The van der Waals surface area contributed by atoms with E-state index in [-0.39, 0.29) is 22.9 Å². The molecule has 1 aliphatic rings. The van der Waals surface area contributed by atoms with Crippen LogP contribution in [-0.2, 0) is 9.47 Å². The van der Waals surface area contributed by atoms with Gasteiger partial charge in [0, 0.05) is 16.1 Å². The van der Waals surface area contributed by atoms with Crippen molar-refractivity contribution in [1.29, 1.82) is 0 Å². The normalized spacial score (nSPS) is 11.8. The number of halogens is 1. The molecule has 0 saturated carbocycles. The summed E-state index contributed by atoms with van der Waals surface area (Å²) in [6.07, 6.45) is 0.743. The standard InChI is InChI=1S/C17H11ClO5/c1-22-17(21)23-15-7-10-6-13(14(19)8-12(10)15)16(20)9-2-4-11(18)5-3-9/h2-8,19H,1H3. The molecule has 0 fully saturated rings. The van der Waals surface area contributed by atoms with Crippen LogP contribution < -0.4 is 0 Å². The van der Waals surface area contributed by atoms with Crippen LogP contribution in [0, 0.1) is 0 Å². The Morgan fingerprint density at radius 1 is 1.13 bits per heavy atom. The van der Waals surface area contributed by atoms with Crippen molar-refractivity contribution >= 4 is 35.4 Å². The van der Waals surface area contributed by atoms with Crippen LogP contribution in [0.25, 0.3) is 11.8 Å². The minimum Gasteiger partial charge on any atom is -0.507 e. The van der Waals surface area contributed by atoms with E-state index >= 15 is 0 Å². The first-order valence-electron chi connectivity index (χ1n) is 6.64. The first kappa shape index (κ1) is 15.1. The summed E-state index contributed by atoms with van der Waals surface area (Å²) in [6.45, 7) is 0. The second-order valence-corrected chi connectivity index (χ2v) is 5.29.